The van der Waals surface area contributed by atoms with Gasteiger partial charge < -0.3 is 21.1 Å². The molecule has 0 radical (unpaired) electrons. The smallest absolute Gasteiger partial charge is 0.0702 e. The van der Waals surface area contributed by atoms with Crippen LogP contribution < -0.4 is 16.0 Å². The van der Waals surface area contributed by atoms with Crippen LogP contribution in [0, 0.1) is 0 Å². The van der Waals surface area contributed by atoms with Crippen LogP contribution in [-0.2, 0) is 6.61 Å². The maximum atomic E-state index is 9.41. The first-order valence-corrected chi connectivity index (χ1v) is 6.10. The minimum absolute atomic E-state index is 0.0348. The molecule has 1 saturated heterocycles. The van der Waals surface area contributed by atoms with Crippen LogP contribution in [0.3, 0.4) is 0 Å². The quantitative estimate of drug-likeness (QED) is 0.668. The Balaban J connectivity index is 2.26. The van der Waals surface area contributed by atoms with E-state index < -0.39 is 0 Å². The van der Waals surface area contributed by atoms with Crippen molar-refractivity contribution < 1.29 is 5.11 Å². The van der Waals surface area contributed by atoms with E-state index in [0.717, 1.165) is 24.3 Å². The lowest BCUT2D eigenvalue weighted by molar-refractivity contribution is 0.281. The molecule has 2 rings (SSSR count). The molecule has 1 aliphatic heterocycles. The topological polar surface area (TPSA) is 61.5 Å². The Morgan fingerprint density at radius 3 is 2.59 bits per heavy atom. The monoisotopic (exact) mass is 235 g/mol. The number of rotatable bonds is 2. The molecule has 0 aliphatic carbocycles. The number of nitrogens with two attached hydrogens (primary N) is 1. The molecular formula is C13H21N3O. The summed E-state index contributed by atoms with van der Waals surface area (Å²) in [7, 11) is 0. The summed E-state index contributed by atoms with van der Waals surface area (Å²) in [5, 5.41) is 12.9. The Hall–Kier alpha value is -1.26. The average Bonchev–Trinajstić information content (AvgIpc) is 2.27. The second-order valence-electron chi connectivity index (χ2n) is 4.92. The Kier molecular flexibility index (Phi) is 3.54. The first-order chi connectivity index (χ1) is 8.10. The van der Waals surface area contributed by atoms with Gasteiger partial charge in [0, 0.05) is 42.1 Å². The molecule has 0 bridgehead atoms. The summed E-state index contributed by atoms with van der Waals surface area (Å²) in [4.78, 5) is 2.32. The van der Waals surface area contributed by atoms with Gasteiger partial charge in [-0.25, -0.2) is 0 Å². The molecule has 0 saturated carbocycles. The Labute approximate surface area is 102 Å². The highest BCUT2D eigenvalue weighted by Gasteiger charge is 2.22. The third-order valence-corrected chi connectivity index (χ3v) is 3.17. The summed E-state index contributed by atoms with van der Waals surface area (Å²) in [6.45, 7) is 6.31. The molecule has 1 aliphatic rings. The van der Waals surface area contributed by atoms with Crippen LogP contribution >= 0.6 is 0 Å². The minimum Gasteiger partial charge on any atom is -0.399 e. The molecule has 17 heavy (non-hydrogen) atoms. The van der Waals surface area contributed by atoms with E-state index in [9.17, 15) is 5.11 Å². The van der Waals surface area contributed by atoms with Gasteiger partial charge in [0.1, 0.15) is 0 Å². The Morgan fingerprint density at radius 2 is 2.00 bits per heavy atom. The molecule has 4 heteroatoms. The summed E-state index contributed by atoms with van der Waals surface area (Å²) < 4.78 is 0. The van der Waals surface area contributed by atoms with E-state index in [2.05, 4.69) is 24.1 Å². The fourth-order valence-corrected chi connectivity index (χ4v) is 2.56. The van der Waals surface area contributed by atoms with E-state index >= 15 is 0 Å². The van der Waals surface area contributed by atoms with E-state index in [1.54, 1.807) is 0 Å². The van der Waals surface area contributed by atoms with Gasteiger partial charge in [-0.15, -0.1) is 0 Å². The van der Waals surface area contributed by atoms with Crippen molar-refractivity contribution in [2.24, 2.45) is 0 Å². The van der Waals surface area contributed by atoms with Crippen LogP contribution in [0.2, 0.25) is 0 Å². The number of nitrogens with zero attached hydrogens (tertiary/aromatic N) is 1. The van der Waals surface area contributed by atoms with E-state index in [1.165, 1.54) is 0 Å². The van der Waals surface area contributed by atoms with Crippen LogP contribution in [-0.4, -0.2) is 30.3 Å². The van der Waals surface area contributed by atoms with Gasteiger partial charge in [-0.2, -0.15) is 0 Å². The van der Waals surface area contributed by atoms with Gasteiger partial charge >= 0.3 is 0 Å². The number of nitrogens with one attached hydrogen (secondary N) is 1. The lowest BCUT2D eigenvalue weighted by Gasteiger charge is -2.38. The first kappa shape index (κ1) is 12.2. The number of nitrogen functional groups attached to an aromatic ring is 1. The molecule has 1 fully saturated rings. The first-order valence-electron chi connectivity index (χ1n) is 6.10. The van der Waals surface area contributed by atoms with Crippen molar-refractivity contribution in [3.63, 3.8) is 0 Å². The molecule has 4 nitrogen and oxygen atoms in total. The Bertz CT molecular complexity index is 384. The molecule has 0 amide bonds. The molecule has 4 N–H and O–H groups in total. The molecule has 0 spiro atoms. The molecule has 0 aromatic heterocycles. The maximum absolute atomic E-state index is 9.41. The number of aliphatic hydroxyl groups excluding tert-OH is 1. The summed E-state index contributed by atoms with van der Waals surface area (Å²) in [6.07, 6.45) is 0. The zero-order valence-electron chi connectivity index (χ0n) is 10.5. The standard InChI is InChI=1S/C13H21N3O/c1-9-6-16(7-10(2)15-9)13-4-3-12(14)5-11(13)8-17/h3-5,9-10,15,17H,6-8,14H2,1-2H3/t9-,10+. The number of benzene rings is 1. The highest BCUT2D eigenvalue weighted by Crippen LogP contribution is 2.25. The molecule has 1 aromatic rings. The molecule has 0 unspecified atom stereocenters. The van der Waals surface area contributed by atoms with Crippen molar-refractivity contribution in [3.05, 3.63) is 23.8 Å². The Morgan fingerprint density at radius 1 is 1.35 bits per heavy atom. The van der Waals surface area contributed by atoms with Gasteiger partial charge in [-0.1, -0.05) is 0 Å². The second kappa shape index (κ2) is 4.94. The fourth-order valence-electron chi connectivity index (χ4n) is 2.56. The third kappa shape index (κ3) is 2.70. The fraction of sp³-hybridized carbons (Fsp3) is 0.538. The van der Waals surface area contributed by atoms with E-state index in [0.29, 0.717) is 17.8 Å². The van der Waals surface area contributed by atoms with Crippen LogP contribution in [0.15, 0.2) is 18.2 Å². The molecule has 2 atom stereocenters. The number of hydrogen-bond donors (Lipinski definition) is 3. The predicted octanol–water partition coefficient (Wildman–Crippen LogP) is 0.948. The zero-order chi connectivity index (χ0) is 12.4. The summed E-state index contributed by atoms with van der Waals surface area (Å²) in [5.41, 5.74) is 8.46. The van der Waals surface area contributed by atoms with Gasteiger partial charge in [0.05, 0.1) is 6.61 Å². The molecule has 1 aromatic carbocycles. The van der Waals surface area contributed by atoms with Crippen LogP contribution in [0.4, 0.5) is 11.4 Å². The normalized spacial score (nSPS) is 25.0. The number of anilines is 2. The van der Waals surface area contributed by atoms with Crippen molar-refractivity contribution in [2.45, 2.75) is 32.5 Å². The highest BCUT2D eigenvalue weighted by atomic mass is 16.3. The summed E-state index contributed by atoms with van der Waals surface area (Å²) >= 11 is 0. The van der Waals surface area contributed by atoms with Crippen LogP contribution in [0.5, 0.6) is 0 Å². The summed E-state index contributed by atoms with van der Waals surface area (Å²) in [6, 6.07) is 6.68. The maximum Gasteiger partial charge on any atom is 0.0702 e. The lowest BCUT2D eigenvalue weighted by atomic mass is 10.1. The second-order valence-corrected chi connectivity index (χ2v) is 4.92. The van der Waals surface area contributed by atoms with Gasteiger partial charge in [0.2, 0.25) is 0 Å². The SMILES string of the molecule is C[C@@H]1CN(c2ccc(N)cc2CO)C[C@H](C)N1. The highest BCUT2D eigenvalue weighted by molar-refractivity contribution is 5.60. The van der Waals surface area contributed by atoms with Crippen molar-refractivity contribution in [1.82, 2.24) is 5.32 Å². The average molecular weight is 235 g/mol. The number of hydrogen-bond acceptors (Lipinski definition) is 4. The largest absolute Gasteiger partial charge is 0.399 e. The van der Waals surface area contributed by atoms with E-state index in [1.807, 2.05) is 18.2 Å². The third-order valence-electron chi connectivity index (χ3n) is 3.17. The lowest BCUT2D eigenvalue weighted by Crippen LogP contribution is -2.54. The van der Waals surface area contributed by atoms with Gasteiger partial charge in [0.25, 0.3) is 0 Å². The van der Waals surface area contributed by atoms with Crippen molar-refractivity contribution >= 4 is 11.4 Å². The van der Waals surface area contributed by atoms with Crippen molar-refractivity contribution in [3.8, 4) is 0 Å². The van der Waals surface area contributed by atoms with Crippen LogP contribution in [0.25, 0.3) is 0 Å². The van der Waals surface area contributed by atoms with E-state index in [-0.39, 0.29) is 6.61 Å². The number of aliphatic hydroxyl groups is 1. The molecule has 1 heterocycles. The zero-order valence-corrected chi connectivity index (χ0v) is 10.5. The van der Waals surface area contributed by atoms with E-state index in [4.69, 9.17) is 5.73 Å². The van der Waals surface area contributed by atoms with Crippen molar-refractivity contribution in [2.75, 3.05) is 23.7 Å². The van der Waals surface area contributed by atoms with Gasteiger partial charge in [-0.3, -0.25) is 0 Å². The molecular weight excluding hydrogens is 214 g/mol. The van der Waals surface area contributed by atoms with Gasteiger partial charge in [-0.05, 0) is 32.0 Å². The summed E-state index contributed by atoms with van der Waals surface area (Å²) in [5.74, 6) is 0. The van der Waals surface area contributed by atoms with Gasteiger partial charge in [0.15, 0.2) is 0 Å². The predicted molar refractivity (Wildman–Crippen MR) is 71.0 cm³/mol. The van der Waals surface area contributed by atoms with Crippen LogP contribution in [0.1, 0.15) is 19.4 Å². The number of piperazine rings is 1. The minimum atomic E-state index is 0.0348. The van der Waals surface area contributed by atoms with Crippen molar-refractivity contribution in [1.29, 1.82) is 0 Å². The molecule has 94 valence electrons.